The zero-order valence-electron chi connectivity index (χ0n) is 15.1. The van der Waals surface area contributed by atoms with Crippen LogP contribution in [-0.2, 0) is 4.79 Å². The Bertz CT molecular complexity index is 1280. The number of methoxy groups -OCH3 is 1. The summed E-state index contributed by atoms with van der Waals surface area (Å²) in [4.78, 5) is 28.9. The van der Waals surface area contributed by atoms with Crippen LogP contribution in [-0.4, -0.2) is 27.7 Å². The molecular formula is C20H15N3O4S. The number of esters is 1. The van der Waals surface area contributed by atoms with Gasteiger partial charge in [-0.25, -0.2) is 0 Å². The molecule has 0 aliphatic carbocycles. The summed E-state index contributed by atoms with van der Waals surface area (Å²) in [6.07, 6.45) is 1.79. The predicted molar refractivity (Wildman–Crippen MR) is 106 cm³/mol. The monoisotopic (exact) mass is 393 g/mol. The Balaban J connectivity index is 1.76. The Morgan fingerprint density at radius 2 is 1.89 bits per heavy atom. The smallest absolute Gasteiger partial charge is 0.308 e. The summed E-state index contributed by atoms with van der Waals surface area (Å²) in [6.45, 7) is 1.33. The van der Waals surface area contributed by atoms with Gasteiger partial charge in [0.25, 0.3) is 5.56 Å². The molecule has 8 heteroatoms. The van der Waals surface area contributed by atoms with Gasteiger partial charge >= 0.3 is 5.97 Å². The first-order valence-corrected chi connectivity index (χ1v) is 9.20. The quantitative estimate of drug-likeness (QED) is 0.391. The first-order valence-electron chi connectivity index (χ1n) is 8.38. The molecule has 0 fully saturated rings. The number of benzene rings is 2. The van der Waals surface area contributed by atoms with Crippen LogP contribution in [0.15, 0.2) is 53.3 Å². The van der Waals surface area contributed by atoms with Crippen molar-refractivity contribution in [1.82, 2.24) is 14.6 Å². The molecule has 0 bridgehead atoms. The molecule has 0 amide bonds. The molecule has 140 valence electrons. The molecule has 0 aliphatic heterocycles. The van der Waals surface area contributed by atoms with E-state index >= 15 is 0 Å². The third kappa shape index (κ3) is 3.37. The Morgan fingerprint density at radius 1 is 1.14 bits per heavy atom. The second-order valence-corrected chi connectivity index (χ2v) is 6.92. The summed E-state index contributed by atoms with van der Waals surface area (Å²) in [7, 11) is 1.60. The second kappa shape index (κ2) is 7.24. The Hall–Kier alpha value is -3.52. The maximum atomic E-state index is 12.7. The number of hydrogen-bond acceptors (Lipinski definition) is 7. The third-order valence-electron chi connectivity index (χ3n) is 3.98. The van der Waals surface area contributed by atoms with E-state index in [0.29, 0.717) is 26.6 Å². The van der Waals surface area contributed by atoms with Crippen molar-refractivity contribution in [3.05, 3.63) is 69.0 Å². The zero-order chi connectivity index (χ0) is 19.7. The fourth-order valence-corrected chi connectivity index (χ4v) is 3.60. The molecule has 2 heterocycles. The summed E-state index contributed by atoms with van der Waals surface area (Å²) in [5, 5.41) is 4.31. The van der Waals surface area contributed by atoms with Gasteiger partial charge in [-0.15, -0.1) is 5.10 Å². The summed E-state index contributed by atoms with van der Waals surface area (Å²) in [5.41, 5.74) is 1.18. The predicted octanol–water partition coefficient (Wildman–Crippen LogP) is 2.30. The lowest BCUT2D eigenvalue weighted by Gasteiger charge is -2.04. The molecule has 7 nitrogen and oxygen atoms in total. The molecular weight excluding hydrogens is 378 g/mol. The number of hydrogen-bond donors (Lipinski definition) is 0. The van der Waals surface area contributed by atoms with Gasteiger partial charge in [0, 0.05) is 6.92 Å². The van der Waals surface area contributed by atoms with E-state index in [9.17, 15) is 9.59 Å². The summed E-state index contributed by atoms with van der Waals surface area (Å²) >= 11 is 1.25. The number of carbonyl (C=O) groups excluding carboxylic acids is 1. The highest BCUT2D eigenvalue weighted by molar-refractivity contribution is 7.15. The minimum atomic E-state index is -0.436. The first kappa shape index (κ1) is 17.9. The molecule has 2 aromatic carbocycles. The molecule has 4 rings (SSSR count). The number of carbonyl (C=O) groups is 1. The lowest BCUT2D eigenvalue weighted by molar-refractivity contribution is -0.131. The van der Waals surface area contributed by atoms with Crippen molar-refractivity contribution in [1.29, 1.82) is 0 Å². The fraction of sp³-hybridized carbons (Fsp3) is 0.100. The largest absolute Gasteiger partial charge is 0.497 e. The van der Waals surface area contributed by atoms with Crippen molar-refractivity contribution in [3.8, 4) is 22.9 Å². The van der Waals surface area contributed by atoms with E-state index in [4.69, 9.17) is 9.47 Å². The van der Waals surface area contributed by atoms with Crippen LogP contribution in [0.1, 0.15) is 12.5 Å². The maximum Gasteiger partial charge on any atom is 0.308 e. The molecule has 4 aromatic rings. The van der Waals surface area contributed by atoms with Crippen molar-refractivity contribution in [3.63, 3.8) is 0 Å². The van der Waals surface area contributed by atoms with Gasteiger partial charge in [0.15, 0.2) is 5.82 Å². The molecule has 0 saturated carbocycles. The van der Waals surface area contributed by atoms with Crippen LogP contribution < -0.4 is 19.6 Å². The van der Waals surface area contributed by atoms with E-state index < -0.39 is 5.97 Å². The SMILES string of the molecule is COc1ccc(C=c2sc3nc(-c4ccccc4OC(C)=O)nn3c2=O)cc1. The number of nitrogens with zero attached hydrogens (tertiary/aromatic N) is 3. The number of rotatable bonds is 4. The standard InChI is InChI=1S/C20H15N3O4S/c1-12(24)27-16-6-4-3-5-15(16)18-21-20-23(22-18)19(25)17(28-20)11-13-7-9-14(26-2)10-8-13/h3-11H,1-2H3. The van der Waals surface area contributed by atoms with Crippen molar-refractivity contribution in [2.24, 2.45) is 0 Å². The molecule has 0 N–H and O–H groups in total. The van der Waals surface area contributed by atoms with Crippen molar-refractivity contribution in [2.45, 2.75) is 6.92 Å². The van der Waals surface area contributed by atoms with Gasteiger partial charge in [-0.2, -0.15) is 9.50 Å². The Labute approximate surface area is 163 Å². The minimum Gasteiger partial charge on any atom is -0.497 e. The maximum absolute atomic E-state index is 12.7. The highest BCUT2D eigenvalue weighted by atomic mass is 32.1. The van der Waals surface area contributed by atoms with Gasteiger partial charge < -0.3 is 9.47 Å². The van der Waals surface area contributed by atoms with Gasteiger partial charge in [-0.1, -0.05) is 35.6 Å². The van der Waals surface area contributed by atoms with Crippen LogP contribution in [0.4, 0.5) is 0 Å². The fourth-order valence-electron chi connectivity index (χ4n) is 2.69. The van der Waals surface area contributed by atoms with Crippen LogP contribution in [0.3, 0.4) is 0 Å². The van der Waals surface area contributed by atoms with Crippen LogP contribution in [0.25, 0.3) is 22.4 Å². The number of aromatic nitrogens is 3. The summed E-state index contributed by atoms with van der Waals surface area (Å²) < 4.78 is 12.1. The molecule has 0 spiro atoms. The van der Waals surface area contributed by atoms with E-state index in [-0.39, 0.29) is 5.56 Å². The molecule has 2 aromatic heterocycles. The van der Waals surface area contributed by atoms with Gasteiger partial charge in [0.05, 0.1) is 17.2 Å². The van der Waals surface area contributed by atoms with Crippen LogP contribution in [0, 0.1) is 0 Å². The molecule has 0 unspecified atom stereocenters. The van der Waals surface area contributed by atoms with E-state index in [1.165, 1.54) is 22.8 Å². The lowest BCUT2D eigenvalue weighted by atomic mass is 10.2. The Kier molecular flexibility index (Phi) is 4.62. The van der Waals surface area contributed by atoms with Crippen molar-refractivity contribution < 1.29 is 14.3 Å². The first-order chi connectivity index (χ1) is 13.5. The Morgan fingerprint density at radius 3 is 2.57 bits per heavy atom. The van der Waals surface area contributed by atoms with Crippen molar-refractivity contribution in [2.75, 3.05) is 7.11 Å². The number of ether oxygens (including phenoxy) is 2. The van der Waals surface area contributed by atoms with E-state index in [0.717, 1.165) is 11.3 Å². The summed E-state index contributed by atoms with van der Waals surface area (Å²) in [5.74, 6) is 0.995. The highest BCUT2D eigenvalue weighted by Gasteiger charge is 2.16. The van der Waals surface area contributed by atoms with Crippen LogP contribution >= 0.6 is 11.3 Å². The zero-order valence-corrected chi connectivity index (χ0v) is 15.9. The lowest BCUT2D eigenvalue weighted by Crippen LogP contribution is -2.23. The van der Waals surface area contributed by atoms with E-state index in [1.54, 1.807) is 37.5 Å². The van der Waals surface area contributed by atoms with Gasteiger partial charge in [0.1, 0.15) is 11.5 Å². The topological polar surface area (TPSA) is 82.8 Å². The van der Waals surface area contributed by atoms with E-state index in [2.05, 4.69) is 10.1 Å². The number of para-hydroxylation sites is 1. The average molecular weight is 393 g/mol. The molecule has 28 heavy (non-hydrogen) atoms. The van der Waals surface area contributed by atoms with Gasteiger partial charge in [-0.3, -0.25) is 9.59 Å². The van der Waals surface area contributed by atoms with Crippen LogP contribution in [0.2, 0.25) is 0 Å². The van der Waals surface area contributed by atoms with Gasteiger partial charge in [0.2, 0.25) is 4.96 Å². The molecule has 0 aliphatic rings. The molecule has 0 radical (unpaired) electrons. The van der Waals surface area contributed by atoms with Crippen LogP contribution in [0.5, 0.6) is 11.5 Å². The average Bonchev–Trinajstić information content (AvgIpc) is 3.22. The highest BCUT2D eigenvalue weighted by Crippen LogP contribution is 2.27. The minimum absolute atomic E-state index is 0.250. The van der Waals surface area contributed by atoms with E-state index in [1.807, 2.05) is 24.3 Å². The third-order valence-corrected chi connectivity index (χ3v) is 4.94. The van der Waals surface area contributed by atoms with Crippen molar-refractivity contribution >= 4 is 28.3 Å². The molecule has 0 atom stereocenters. The normalized spacial score (nSPS) is 11.7. The number of thiazole rings is 1. The summed E-state index contributed by atoms with van der Waals surface area (Å²) in [6, 6.07) is 14.3. The second-order valence-electron chi connectivity index (χ2n) is 5.91. The molecule has 0 saturated heterocycles. The van der Waals surface area contributed by atoms with Gasteiger partial charge in [-0.05, 0) is 35.9 Å². The number of fused-ring (bicyclic) bond motifs is 1.